The summed E-state index contributed by atoms with van der Waals surface area (Å²) in [5.41, 5.74) is 1.04. The van der Waals surface area contributed by atoms with Crippen LogP contribution in [0.1, 0.15) is 57.9 Å². The molecule has 0 spiro atoms. The molecule has 0 bridgehead atoms. The van der Waals surface area contributed by atoms with Crippen molar-refractivity contribution in [3.8, 4) is 0 Å². The van der Waals surface area contributed by atoms with E-state index in [-0.39, 0.29) is 11.4 Å². The average molecular weight is 397 g/mol. The molecule has 0 aliphatic carbocycles. The van der Waals surface area contributed by atoms with E-state index in [9.17, 15) is 18.8 Å². The number of hydrogen-bond donors (Lipinski definition) is 4. The van der Waals surface area contributed by atoms with Gasteiger partial charge >= 0.3 is 0 Å². The van der Waals surface area contributed by atoms with Gasteiger partial charge in [-0.3, -0.25) is 23.9 Å². The quantitative estimate of drug-likeness (QED) is 0.378. The highest BCUT2D eigenvalue weighted by Crippen LogP contribution is 2.13. The molecule has 1 aromatic rings. The zero-order valence-corrected chi connectivity index (χ0v) is 17.4. The number of H-pyrrole nitrogens is 1. The molecule has 1 heterocycles. The summed E-state index contributed by atoms with van der Waals surface area (Å²) in [5, 5.41) is 14.0. The first-order chi connectivity index (χ1) is 13.5. The van der Waals surface area contributed by atoms with Gasteiger partial charge in [-0.1, -0.05) is 39.8 Å². The number of nitrogens with zero attached hydrogens (tertiary/aromatic N) is 1. The van der Waals surface area contributed by atoms with Crippen molar-refractivity contribution < 1.29 is 18.8 Å². The number of aromatic nitrogens is 2. The fourth-order valence-corrected chi connectivity index (χ4v) is 1.87. The van der Waals surface area contributed by atoms with Crippen molar-refractivity contribution in [3.63, 3.8) is 0 Å². The summed E-state index contributed by atoms with van der Waals surface area (Å²) in [6.45, 7) is 9.54. The molecule has 3 amide bonds. The SMILES string of the molecule is CC.CC/C=C\C=C(/C)NC(=O)c1[nH]ncc1NC(=O)C(CC)NC=O.CF. The highest BCUT2D eigenvalue weighted by atomic mass is 19.1. The van der Waals surface area contributed by atoms with E-state index >= 15 is 0 Å². The van der Waals surface area contributed by atoms with E-state index in [1.54, 1.807) is 19.9 Å². The smallest absolute Gasteiger partial charge is 0.275 e. The zero-order chi connectivity index (χ0) is 21.9. The molecule has 1 atom stereocenters. The Balaban J connectivity index is 0. The topological polar surface area (TPSA) is 116 Å². The minimum Gasteiger partial charge on any atom is -0.347 e. The Morgan fingerprint density at radius 2 is 1.93 bits per heavy atom. The number of nitrogens with one attached hydrogen (secondary N) is 4. The predicted octanol–water partition coefficient (Wildman–Crippen LogP) is 3.08. The van der Waals surface area contributed by atoms with Crippen molar-refractivity contribution in [1.82, 2.24) is 20.8 Å². The standard InChI is InChI=1S/C16H23N5O3.C2H6.CH3F/c1-4-6-7-8-11(3)19-16(24)14-13(9-18-21-14)20-15(23)12(5-2)17-10-22;2*1-2/h6-10,12H,4-5H2,1-3H3,(H,17,22)(H,18,21)(H,19,24)(H,20,23);1-2H3;1H3/b7-6-,11-8+;;. The monoisotopic (exact) mass is 397 g/mol. The highest BCUT2D eigenvalue weighted by Gasteiger charge is 2.20. The fourth-order valence-electron chi connectivity index (χ4n) is 1.87. The van der Waals surface area contributed by atoms with Crippen molar-refractivity contribution in [2.75, 3.05) is 12.5 Å². The largest absolute Gasteiger partial charge is 0.347 e. The molecular weight excluding hydrogens is 365 g/mol. The molecule has 158 valence electrons. The number of hydrogen-bond acceptors (Lipinski definition) is 4. The first kappa shape index (κ1) is 27.3. The number of aromatic amines is 1. The molecule has 28 heavy (non-hydrogen) atoms. The minimum atomic E-state index is -0.672. The summed E-state index contributed by atoms with van der Waals surface area (Å²) in [7, 11) is 0.500. The fraction of sp³-hybridized carbons (Fsp3) is 0.474. The summed E-state index contributed by atoms with van der Waals surface area (Å²) in [5.74, 6) is -0.837. The lowest BCUT2D eigenvalue weighted by atomic mass is 10.2. The van der Waals surface area contributed by atoms with E-state index in [2.05, 4.69) is 26.1 Å². The molecule has 0 saturated heterocycles. The average Bonchev–Trinajstić information content (AvgIpc) is 3.17. The Hall–Kier alpha value is -2.97. The number of carbonyl (C=O) groups excluding carboxylic acids is 3. The van der Waals surface area contributed by atoms with E-state index in [0.29, 0.717) is 25.7 Å². The second-order valence-corrected chi connectivity index (χ2v) is 5.03. The third-order valence-corrected chi connectivity index (χ3v) is 3.15. The molecule has 0 fully saturated rings. The van der Waals surface area contributed by atoms with Gasteiger partial charge in [0.15, 0.2) is 0 Å². The number of alkyl halides is 1. The van der Waals surface area contributed by atoms with Crippen LogP contribution in [0.3, 0.4) is 0 Å². The number of rotatable bonds is 9. The van der Waals surface area contributed by atoms with E-state index in [0.717, 1.165) is 6.42 Å². The predicted molar refractivity (Wildman–Crippen MR) is 110 cm³/mol. The highest BCUT2D eigenvalue weighted by molar-refractivity contribution is 6.04. The third-order valence-electron chi connectivity index (χ3n) is 3.15. The van der Waals surface area contributed by atoms with Crippen LogP contribution in [0.2, 0.25) is 0 Å². The lowest BCUT2D eigenvalue weighted by Crippen LogP contribution is -2.39. The van der Waals surface area contributed by atoms with Gasteiger partial charge in [-0.2, -0.15) is 5.10 Å². The molecule has 0 aromatic carbocycles. The first-order valence-electron chi connectivity index (χ1n) is 9.09. The number of carbonyl (C=O) groups is 3. The zero-order valence-electron chi connectivity index (χ0n) is 17.4. The van der Waals surface area contributed by atoms with Gasteiger partial charge < -0.3 is 16.0 Å². The van der Waals surface area contributed by atoms with Crippen LogP contribution in [0.4, 0.5) is 10.1 Å². The van der Waals surface area contributed by atoms with Gasteiger partial charge in [0.1, 0.15) is 11.7 Å². The van der Waals surface area contributed by atoms with Gasteiger partial charge in [0, 0.05) is 5.70 Å². The summed E-state index contributed by atoms with van der Waals surface area (Å²) in [6, 6.07) is -0.672. The maximum absolute atomic E-state index is 12.2. The van der Waals surface area contributed by atoms with Gasteiger partial charge in [0.2, 0.25) is 12.3 Å². The molecule has 9 heteroatoms. The summed E-state index contributed by atoms with van der Waals surface area (Å²) in [6.07, 6.45) is 8.73. The van der Waals surface area contributed by atoms with E-state index in [1.807, 2.05) is 32.9 Å². The van der Waals surface area contributed by atoms with Crippen molar-refractivity contribution in [2.24, 2.45) is 0 Å². The molecule has 0 radical (unpaired) electrons. The van der Waals surface area contributed by atoms with Crippen LogP contribution >= 0.6 is 0 Å². The number of anilines is 1. The van der Waals surface area contributed by atoms with Gasteiger partial charge in [-0.05, 0) is 25.8 Å². The van der Waals surface area contributed by atoms with E-state index in [1.165, 1.54) is 6.20 Å². The van der Waals surface area contributed by atoms with Crippen LogP contribution in [0.15, 0.2) is 30.1 Å². The lowest BCUT2D eigenvalue weighted by molar-refractivity contribution is -0.121. The van der Waals surface area contributed by atoms with Crippen molar-refractivity contribution in [1.29, 1.82) is 0 Å². The number of allylic oxidation sites excluding steroid dienone is 4. The van der Waals surface area contributed by atoms with Crippen molar-refractivity contribution in [3.05, 3.63) is 35.8 Å². The van der Waals surface area contributed by atoms with Crippen molar-refractivity contribution in [2.45, 2.75) is 53.5 Å². The Morgan fingerprint density at radius 1 is 1.29 bits per heavy atom. The Morgan fingerprint density at radius 3 is 2.46 bits per heavy atom. The number of halogens is 1. The molecule has 0 aliphatic heterocycles. The Kier molecular flexibility index (Phi) is 17.0. The van der Waals surface area contributed by atoms with Crippen LogP contribution in [0, 0.1) is 0 Å². The summed E-state index contributed by atoms with van der Waals surface area (Å²) < 4.78 is 9.50. The lowest BCUT2D eigenvalue weighted by Gasteiger charge is -2.13. The molecule has 8 nitrogen and oxygen atoms in total. The second-order valence-electron chi connectivity index (χ2n) is 5.03. The molecule has 1 rings (SSSR count). The molecule has 1 aromatic heterocycles. The van der Waals surface area contributed by atoms with Crippen molar-refractivity contribution >= 4 is 23.9 Å². The molecule has 0 aliphatic rings. The van der Waals surface area contributed by atoms with Crippen LogP contribution in [0.25, 0.3) is 0 Å². The molecule has 4 N–H and O–H groups in total. The van der Waals surface area contributed by atoms with E-state index in [4.69, 9.17) is 0 Å². The molecular formula is C19H32FN5O3. The second kappa shape index (κ2) is 17.4. The van der Waals surface area contributed by atoms with E-state index < -0.39 is 17.9 Å². The van der Waals surface area contributed by atoms with Gasteiger partial charge in [-0.25, -0.2) is 0 Å². The normalized spacial score (nSPS) is 11.3. The minimum absolute atomic E-state index is 0.136. The molecule has 1 unspecified atom stereocenters. The maximum atomic E-state index is 12.2. The van der Waals surface area contributed by atoms with Crippen LogP contribution < -0.4 is 16.0 Å². The van der Waals surface area contributed by atoms with Crippen LogP contribution in [0.5, 0.6) is 0 Å². The van der Waals surface area contributed by atoms with Crippen LogP contribution in [-0.2, 0) is 9.59 Å². The first-order valence-corrected chi connectivity index (χ1v) is 9.09. The summed E-state index contributed by atoms with van der Waals surface area (Å²) >= 11 is 0. The van der Waals surface area contributed by atoms with Gasteiger partial charge in [0.25, 0.3) is 5.91 Å². The summed E-state index contributed by atoms with van der Waals surface area (Å²) in [4.78, 5) is 34.8. The Labute approximate surface area is 166 Å². The number of amides is 3. The van der Waals surface area contributed by atoms with Crippen LogP contribution in [-0.4, -0.2) is 41.6 Å². The third kappa shape index (κ3) is 10.2. The Bertz CT molecular complexity index is 641. The van der Waals surface area contributed by atoms with Gasteiger partial charge in [0.05, 0.1) is 19.1 Å². The maximum Gasteiger partial charge on any atom is 0.275 e. The molecule has 0 saturated carbocycles. The van der Waals surface area contributed by atoms with Gasteiger partial charge in [-0.15, -0.1) is 0 Å².